The molecule has 26 heavy (non-hydrogen) atoms. The van der Waals surface area contributed by atoms with E-state index in [9.17, 15) is 9.59 Å². The molecule has 4 nitrogen and oxygen atoms in total. The third-order valence-electron chi connectivity index (χ3n) is 4.60. The molecule has 4 rings (SSSR count). The molecule has 0 unspecified atom stereocenters. The van der Waals surface area contributed by atoms with Crippen LogP contribution >= 0.6 is 0 Å². The molecule has 0 radical (unpaired) electrons. The van der Waals surface area contributed by atoms with Crippen molar-refractivity contribution in [3.8, 4) is 11.1 Å². The summed E-state index contributed by atoms with van der Waals surface area (Å²) >= 11 is 0. The van der Waals surface area contributed by atoms with Gasteiger partial charge < -0.3 is 4.74 Å². The molecule has 0 N–H and O–H groups in total. The van der Waals surface area contributed by atoms with E-state index in [-0.39, 0.29) is 12.4 Å². The van der Waals surface area contributed by atoms with E-state index in [1.807, 2.05) is 31.2 Å². The zero-order valence-electron chi connectivity index (χ0n) is 14.4. The molecule has 0 fully saturated rings. The number of benzene rings is 2. The number of Topliss-reactive ketones (excluding diaryl/α,β-unsaturated/α-hetero) is 1. The van der Waals surface area contributed by atoms with E-state index in [4.69, 9.17) is 4.74 Å². The lowest BCUT2D eigenvalue weighted by atomic mass is 10.0. The van der Waals surface area contributed by atoms with Gasteiger partial charge in [0.1, 0.15) is 0 Å². The van der Waals surface area contributed by atoms with E-state index in [1.54, 1.807) is 18.2 Å². The largest absolute Gasteiger partial charge is 0.454 e. The maximum atomic E-state index is 12.5. The predicted octanol–water partition coefficient (Wildman–Crippen LogP) is 4.00. The van der Waals surface area contributed by atoms with Gasteiger partial charge in [-0.3, -0.25) is 9.78 Å². The lowest BCUT2D eigenvalue weighted by Gasteiger charge is -2.07. The molecule has 0 aliphatic heterocycles. The Labute approximate surface area is 151 Å². The summed E-state index contributed by atoms with van der Waals surface area (Å²) < 4.78 is 5.14. The minimum Gasteiger partial charge on any atom is -0.454 e. The van der Waals surface area contributed by atoms with Crippen molar-refractivity contribution in [1.29, 1.82) is 0 Å². The number of hydrogen-bond acceptors (Lipinski definition) is 4. The Bertz CT molecular complexity index is 1010. The van der Waals surface area contributed by atoms with Crippen LogP contribution in [0, 0.1) is 6.92 Å². The molecule has 0 saturated carbocycles. The van der Waals surface area contributed by atoms with Crippen molar-refractivity contribution >= 4 is 11.8 Å². The van der Waals surface area contributed by atoms with Crippen LogP contribution in [0.15, 0.2) is 60.8 Å². The number of aromatic nitrogens is 1. The van der Waals surface area contributed by atoms with Crippen LogP contribution < -0.4 is 0 Å². The van der Waals surface area contributed by atoms with Gasteiger partial charge in [0.2, 0.25) is 0 Å². The van der Waals surface area contributed by atoms with Crippen LogP contribution in [-0.4, -0.2) is 23.3 Å². The second-order valence-electron chi connectivity index (χ2n) is 6.39. The van der Waals surface area contributed by atoms with Crippen molar-refractivity contribution in [3.05, 3.63) is 88.7 Å². The Hall–Kier alpha value is -3.27. The fraction of sp³-hybridized carbons (Fsp3) is 0.136. The number of carbonyl (C=O) groups excluding carboxylic acids is 2. The number of fused-ring (bicyclic) bond motifs is 3. The zero-order valence-corrected chi connectivity index (χ0v) is 14.4. The van der Waals surface area contributed by atoms with Crippen molar-refractivity contribution < 1.29 is 14.3 Å². The van der Waals surface area contributed by atoms with Gasteiger partial charge >= 0.3 is 5.97 Å². The summed E-state index contributed by atoms with van der Waals surface area (Å²) in [6.45, 7) is 1.55. The monoisotopic (exact) mass is 343 g/mol. The molecule has 0 bridgehead atoms. The fourth-order valence-corrected chi connectivity index (χ4v) is 3.18. The van der Waals surface area contributed by atoms with Crippen LogP contribution in [0.1, 0.15) is 37.5 Å². The molecule has 1 aliphatic carbocycles. The summed E-state index contributed by atoms with van der Waals surface area (Å²) in [5.41, 5.74) is 6.44. The molecular weight excluding hydrogens is 326 g/mol. The summed E-state index contributed by atoms with van der Waals surface area (Å²) in [6.07, 6.45) is 2.34. The quantitative estimate of drug-likeness (QED) is 0.415. The Morgan fingerprint density at radius 2 is 1.73 bits per heavy atom. The molecule has 3 aromatic rings. The molecule has 0 amide bonds. The highest BCUT2D eigenvalue weighted by Gasteiger charge is 2.20. The highest BCUT2D eigenvalue weighted by molar-refractivity contribution is 6.00. The number of pyridine rings is 1. The van der Waals surface area contributed by atoms with Crippen LogP contribution in [0.25, 0.3) is 11.1 Å². The molecule has 1 aromatic heterocycles. The molecule has 0 spiro atoms. The van der Waals surface area contributed by atoms with Gasteiger partial charge in [-0.25, -0.2) is 4.79 Å². The van der Waals surface area contributed by atoms with Crippen LogP contribution in [0.4, 0.5) is 0 Å². The summed E-state index contributed by atoms with van der Waals surface area (Å²) in [5, 5.41) is 0. The van der Waals surface area contributed by atoms with Crippen molar-refractivity contribution in [2.45, 2.75) is 13.3 Å². The lowest BCUT2D eigenvalue weighted by Crippen LogP contribution is -2.14. The number of rotatable bonds is 4. The summed E-state index contributed by atoms with van der Waals surface area (Å²) in [4.78, 5) is 28.5. The van der Waals surface area contributed by atoms with Gasteiger partial charge in [-0.05, 0) is 53.8 Å². The Balaban J connectivity index is 1.48. The van der Waals surface area contributed by atoms with E-state index in [1.165, 1.54) is 22.9 Å². The van der Waals surface area contributed by atoms with Gasteiger partial charge in [0.15, 0.2) is 12.4 Å². The topological polar surface area (TPSA) is 56.3 Å². The third kappa shape index (κ3) is 3.02. The van der Waals surface area contributed by atoms with Crippen LogP contribution in [0.2, 0.25) is 0 Å². The Morgan fingerprint density at radius 1 is 0.962 bits per heavy atom. The standard InChI is InChI=1S/C22H17NO3/c1-14-6-7-18(12-23-14)22(25)26-13-21(24)17-9-8-16-10-15-4-2-3-5-19(15)20(16)11-17/h2-9,11-12H,10,13H2,1H3. The molecule has 4 heteroatoms. The second-order valence-corrected chi connectivity index (χ2v) is 6.39. The number of nitrogens with zero attached hydrogens (tertiary/aromatic N) is 1. The highest BCUT2D eigenvalue weighted by atomic mass is 16.5. The maximum absolute atomic E-state index is 12.5. The molecule has 0 saturated heterocycles. The Kier molecular flexibility index (Phi) is 4.09. The van der Waals surface area contributed by atoms with Gasteiger partial charge in [0.25, 0.3) is 0 Å². The van der Waals surface area contributed by atoms with Crippen molar-refractivity contribution in [3.63, 3.8) is 0 Å². The fourth-order valence-electron chi connectivity index (χ4n) is 3.18. The average molecular weight is 343 g/mol. The number of ketones is 1. The smallest absolute Gasteiger partial charge is 0.340 e. The first-order valence-corrected chi connectivity index (χ1v) is 8.46. The van der Waals surface area contributed by atoms with Gasteiger partial charge in [-0.15, -0.1) is 0 Å². The number of hydrogen-bond donors (Lipinski definition) is 0. The van der Waals surface area contributed by atoms with Crippen molar-refractivity contribution in [1.82, 2.24) is 4.98 Å². The van der Waals surface area contributed by atoms with Gasteiger partial charge in [-0.1, -0.05) is 36.4 Å². The first-order valence-electron chi connectivity index (χ1n) is 8.46. The van der Waals surface area contributed by atoms with E-state index < -0.39 is 5.97 Å². The van der Waals surface area contributed by atoms with Crippen LogP contribution in [-0.2, 0) is 11.2 Å². The van der Waals surface area contributed by atoms with E-state index >= 15 is 0 Å². The molecule has 128 valence electrons. The maximum Gasteiger partial charge on any atom is 0.340 e. The van der Waals surface area contributed by atoms with E-state index in [2.05, 4.69) is 17.1 Å². The summed E-state index contributed by atoms with van der Waals surface area (Å²) in [6, 6.07) is 17.2. The van der Waals surface area contributed by atoms with Crippen molar-refractivity contribution in [2.75, 3.05) is 6.61 Å². The number of esters is 1. The van der Waals surface area contributed by atoms with Gasteiger partial charge in [-0.2, -0.15) is 0 Å². The van der Waals surface area contributed by atoms with Gasteiger partial charge in [0.05, 0.1) is 5.56 Å². The first-order chi connectivity index (χ1) is 12.6. The highest BCUT2D eigenvalue weighted by Crippen LogP contribution is 2.36. The minimum atomic E-state index is -0.544. The minimum absolute atomic E-state index is 0.217. The molecule has 0 atom stereocenters. The zero-order chi connectivity index (χ0) is 18.1. The number of ether oxygens (including phenoxy) is 1. The second kappa shape index (κ2) is 6.56. The summed E-state index contributed by atoms with van der Waals surface area (Å²) in [7, 11) is 0. The van der Waals surface area contributed by atoms with E-state index in [0.717, 1.165) is 17.7 Å². The first kappa shape index (κ1) is 16.2. The van der Waals surface area contributed by atoms with Crippen LogP contribution in [0.3, 0.4) is 0 Å². The molecule has 2 aromatic carbocycles. The van der Waals surface area contributed by atoms with Crippen LogP contribution in [0.5, 0.6) is 0 Å². The predicted molar refractivity (Wildman–Crippen MR) is 98.3 cm³/mol. The average Bonchev–Trinajstić information content (AvgIpc) is 3.04. The Morgan fingerprint density at radius 3 is 2.54 bits per heavy atom. The summed E-state index contributed by atoms with van der Waals surface area (Å²) in [5.74, 6) is -0.761. The number of aryl methyl sites for hydroxylation is 1. The number of carbonyl (C=O) groups is 2. The van der Waals surface area contributed by atoms with E-state index in [0.29, 0.717) is 11.1 Å². The lowest BCUT2D eigenvalue weighted by molar-refractivity contribution is 0.0474. The van der Waals surface area contributed by atoms with Gasteiger partial charge in [0, 0.05) is 17.5 Å². The molecule has 1 heterocycles. The van der Waals surface area contributed by atoms with Crippen molar-refractivity contribution in [2.24, 2.45) is 0 Å². The third-order valence-corrected chi connectivity index (χ3v) is 4.60. The normalized spacial score (nSPS) is 11.6. The SMILES string of the molecule is Cc1ccc(C(=O)OCC(=O)c2ccc3c(c2)-c2ccccc2C3)cn1. The molecule has 1 aliphatic rings. The molecular formula is C22H17NO3.